The molecule has 0 aromatic carbocycles. The second-order valence-corrected chi connectivity index (χ2v) is 4.75. The molecule has 81 valence electrons. The van der Waals surface area contributed by atoms with Crippen LogP contribution in [0.5, 0.6) is 0 Å². The average Bonchev–Trinajstić information content (AvgIpc) is 2.17. The van der Waals surface area contributed by atoms with Crippen molar-refractivity contribution in [2.24, 2.45) is 5.41 Å². The summed E-state index contributed by atoms with van der Waals surface area (Å²) < 4.78 is 0. The summed E-state index contributed by atoms with van der Waals surface area (Å²) >= 11 is 0. The van der Waals surface area contributed by atoms with E-state index in [2.05, 4.69) is 58.9 Å². The summed E-state index contributed by atoms with van der Waals surface area (Å²) in [5, 5.41) is 0. The van der Waals surface area contributed by atoms with Crippen molar-refractivity contribution in [3.05, 3.63) is 41.4 Å². The molecule has 0 aliphatic heterocycles. The maximum absolute atomic E-state index is 2.29. The minimum absolute atomic E-state index is 0. The molecule has 0 saturated heterocycles. The van der Waals surface area contributed by atoms with Gasteiger partial charge < -0.3 is 5.92 Å². The summed E-state index contributed by atoms with van der Waals surface area (Å²) in [4.78, 5) is 0. The van der Waals surface area contributed by atoms with E-state index in [9.17, 15) is 0 Å². The first-order valence-electron chi connectivity index (χ1n) is 5.31. The molecule has 1 heteroatoms. The largest absolute Gasteiger partial charge is 0.310 e. The summed E-state index contributed by atoms with van der Waals surface area (Å²) in [6.07, 6.45) is 9.99. The van der Waals surface area contributed by atoms with E-state index in [1.54, 1.807) is 0 Å². The molecule has 0 unspecified atom stereocenters. The monoisotopic (exact) mass is 278 g/mol. The fourth-order valence-electron chi connectivity index (χ4n) is 1.51. The van der Waals surface area contributed by atoms with Gasteiger partial charge in [-0.05, 0) is 18.9 Å². The Balaban J connectivity index is 0.00000196. The zero-order chi connectivity index (χ0) is 10.8. The van der Waals surface area contributed by atoms with Crippen molar-refractivity contribution in [1.29, 1.82) is 0 Å². The summed E-state index contributed by atoms with van der Waals surface area (Å²) in [6, 6.07) is 0. The maximum atomic E-state index is 2.29. The fourth-order valence-corrected chi connectivity index (χ4v) is 1.51. The zero-order valence-electron chi connectivity index (χ0n) is 10.6. The topological polar surface area (TPSA) is 0 Å². The maximum Gasteiger partial charge on any atom is 0 e. The third-order valence-electron chi connectivity index (χ3n) is 3.49. The third-order valence-corrected chi connectivity index (χ3v) is 3.49. The van der Waals surface area contributed by atoms with Crippen LogP contribution in [-0.4, -0.2) is 0 Å². The van der Waals surface area contributed by atoms with Gasteiger partial charge in [0.1, 0.15) is 0 Å². The minimum Gasteiger partial charge on any atom is -0.310 e. The first kappa shape index (κ1) is 15.3. The Morgan fingerprint density at radius 2 is 1.67 bits per heavy atom. The van der Waals surface area contributed by atoms with Crippen LogP contribution in [0.2, 0.25) is 0 Å². The first-order valence-corrected chi connectivity index (χ1v) is 5.31. The summed E-state index contributed by atoms with van der Waals surface area (Å²) in [7, 11) is 0. The fraction of sp³-hybridized carbons (Fsp3) is 0.500. The molecule has 0 fully saturated rings. The Hall–Kier alpha value is 0.324. The van der Waals surface area contributed by atoms with Gasteiger partial charge in [0.2, 0.25) is 0 Å². The van der Waals surface area contributed by atoms with Gasteiger partial charge in [-0.15, -0.1) is 5.41 Å². The van der Waals surface area contributed by atoms with Crippen LogP contribution in [-0.2, 0) is 32.7 Å². The van der Waals surface area contributed by atoms with Gasteiger partial charge >= 0.3 is 0 Å². The van der Waals surface area contributed by atoms with E-state index in [1.165, 1.54) is 17.1 Å². The molecule has 0 heterocycles. The molecule has 0 nitrogen and oxygen atoms in total. The van der Waals surface area contributed by atoms with Gasteiger partial charge in [0.05, 0.1) is 0 Å². The molecule has 0 saturated carbocycles. The van der Waals surface area contributed by atoms with Crippen LogP contribution in [0.25, 0.3) is 0 Å². The van der Waals surface area contributed by atoms with E-state index < -0.39 is 0 Å². The van der Waals surface area contributed by atoms with Crippen LogP contribution in [0.1, 0.15) is 41.0 Å². The second-order valence-electron chi connectivity index (χ2n) is 4.75. The molecular formula is C14H21Y-. The second kappa shape index (κ2) is 6.16. The molecule has 0 N–H and O–H groups in total. The van der Waals surface area contributed by atoms with Gasteiger partial charge in [-0.1, -0.05) is 43.7 Å². The van der Waals surface area contributed by atoms with E-state index >= 15 is 0 Å². The van der Waals surface area contributed by atoms with E-state index in [0.717, 1.165) is 6.42 Å². The molecule has 0 aromatic rings. The van der Waals surface area contributed by atoms with Crippen molar-refractivity contribution in [3.63, 3.8) is 0 Å². The first-order chi connectivity index (χ1) is 6.46. The Bertz CT molecular complexity index is 276. The molecule has 1 aliphatic rings. The van der Waals surface area contributed by atoms with Crippen LogP contribution >= 0.6 is 0 Å². The predicted octanol–water partition coefficient (Wildman–Crippen LogP) is 4.46. The van der Waals surface area contributed by atoms with Crippen LogP contribution in [0.15, 0.2) is 35.5 Å². The van der Waals surface area contributed by atoms with Crippen molar-refractivity contribution < 1.29 is 32.7 Å². The molecule has 0 atom stereocenters. The Morgan fingerprint density at radius 3 is 2.07 bits per heavy atom. The van der Waals surface area contributed by atoms with Crippen molar-refractivity contribution in [1.82, 2.24) is 0 Å². The molecule has 1 radical (unpaired) electrons. The summed E-state index contributed by atoms with van der Waals surface area (Å²) in [6.45, 7) is 11.2. The Labute approximate surface area is 120 Å². The summed E-state index contributed by atoms with van der Waals surface area (Å²) in [5.74, 6) is 1.47. The smallest absolute Gasteiger partial charge is 0 e. The molecule has 0 amide bonds. The average molecular weight is 278 g/mol. The van der Waals surface area contributed by atoms with E-state index in [-0.39, 0.29) is 38.1 Å². The van der Waals surface area contributed by atoms with E-state index in [0.29, 0.717) is 0 Å². The van der Waals surface area contributed by atoms with Gasteiger partial charge in [0.15, 0.2) is 0 Å². The van der Waals surface area contributed by atoms with Crippen molar-refractivity contribution >= 4 is 0 Å². The minimum atomic E-state index is 0. The zero-order valence-corrected chi connectivity index (χ0v) is 13.4. The van der Waals surface area contributed by atoms with Gasteiger partial charge in [-0.25, -0.2) is 0 Å². The molecule has 1 rings (SSSR count). The third kappa shape index (κ3) is 3.68. The van der Waals surface area contributed by atoms with Crippen LogP contribution in [0.3, 0.4) is 0 Å². The number of hydrogen-bond acceptors (Lipinski definition) is 0. The number of rotatable bonds is 2. The van der Waals surface area contributed by atoms with Crippen LogP contribution in [0.4, 0.5) is 0 Å². The van der Waals surface area contributed by atoms with Gasteiger partial charge in [0, 0.05) is 32.7 Å². The van der Waals surface area contributed by atoms with Crippen molar-refractivity contribution in [2.45, 2.75) is 41.0 Å². The van der Waals surface area contributed by atoms with Crippen molar-refractivity contribution in [2.75, 3.05) is 0 Å². The van der Waals surface area contributed by atoms with E-state index in [1.807, 2.05) is 0 Å². The molecule has 15 heavy (non-hydrogen) atoms. The molecule has 0 aromatic heterocycles. The number of allylic oxidation sites excluding steroid dienone is 6. The number of hydrogen-bond donors (Lipinski definition) is 0. The quantitative estimate of drug-likeness (QED) is 0.654. The van der Waals surface area contributed by atoms with Gasteiger partial charge in [-0.3, -0.25) is 0 Å². The van der Waals surface area contributed by atoms with Gasteiger partial charge in [0.25, 0.3) is 0 Å². The Morgan fingerprint density at radius 1 is 1.20 bits per heavy atom. The van der Waals surface area contributed by atoms with Gasteiger partial charge in [-0.2, -0.15) is 13.8 Å². The van der Waals surface area contributed by atoms with Crippen LogP contribution in [0, 0.1) is 11.3 Å². The van der Waals surface area contributed by atoms with Crippen molar-refractivity contribution in [3.8, 4) is 0 Å². The predicted molar refractivity (Wildman–Crippen MR) is 64.0 cm³/mol. The molecule has 0 bridgehead atoms. The summed E-state index contributed by atoms with van der Waals surface area (Å²) in [5.41, 5.74) is 3.05. The molecular weight excluding hydrogens is 257 g/mol. The van der Waals surface area contributed by atoms with Crippen LogP contribution < -0.4 is 0 Å². The molecule has 1 aliphatic carbocycles. The SMILES string of the molecule is CC(=C1C=CCC=C1)C(C)(C)[C-](C)C.[Y]. The van der Waals surface area contributed by atoms with E-state index in [4.69, 9.17) is 0 Å². The molecule has 0 spiro atoms. The standard InChI is InChI=1S/C14H21.Y/c1-11(2)14(4,5)12(3)13-9-7-6-8-10-13;/h7-10H,6H2,1-5H3;/q-1;. The Kier molecular flexibility index (Phi) is 6.29. The normalized spacial score (nSPS) is 15.5.